The molecule has 5 rings (SSSR count). The lowest BCUT2D eigenvalue weighted by Crippen LogP contribution is -2.46. The number of nitrogens with one attached hydrogen (secondary N) is 1. The van der Waals surface area contributed by atoms with Gasteiger partial charge in [0.25, 0.3) is 5.91 Å². The predicted octanol–water partition coefficient (Wildman–Crippen LogP) is 3.50. The minimum Gasteiger partial charge on any atom is -0.494 e. The Morgan fingerprint density at radius 3 is 2.73 bits per heavy atom. The van der Waals surface area contributed by atoms with Crippen molar-refractivity contribution in [3.8, 4) is 5.75 Å². The summed E-state index contributed by atoms with van der Waals surface area (Å²) in [6, 6.07) is 18.5. The Labute approximate surface area is 195 Å². The first-order valence-corrected chi connectivity index (χ1v) is 12.1. The summed E-state index contributed by atoms with van der Waals surface area (Å²) in [5.41, 5.74) is 4.11. The maximum atomic E-state index is 12.1. The molecule has 0 saturated carbocycles. The minimum atomic E-state index is 0.0320. The number of para-hydroxylation sites is 1. The number of aromatic nitrogens is 1. The third-order valence-corrected chi connectivity index (χ3v) is 6.62. The van der Waals surface area contributed by atoms with Crippen LogP contribution in [0.4, 0.5) is 0 Å². The quantitative estimate of drug-likeness (QED) is 0.566. The molecule has 2 aliphatic heterocycles. The highest BCUT2D eigenvalue weighted by molar-refractivity contribution is 5.96. The van der Waals surface area contributed by atoms with E-state index in [1.165, 1.54) is 5.39 Å². The number of benzene rings is 2. The Morgan fingerprint density at radius 1 is 0.970 bits per heavy atom. The first-order valence-electron chi connectivity index (χ1n) is 12.1. The molecule has 6 nitrogen and oxygen atoms in total. The van der Waals surface area contributed by atoms with E-state index in [0.29, 0.717) is 6.61 Å². The molecule has 0 radical (unpaired) electrons. The normalized spacial score (nSPS) is 17.4. The van der Waals surface area contributed by atoms with Gasteiger partial charge >= 0.3 is 0 Å². The predicted molar refractivity (Wildman–Crippen MR) is 131 cm³/mol. The molecular weight excluding hydrogens is 412 g/mol. The first-order chi connectivity index (χ1) is 16.2. The number of aryl methyl sites for hydroxylation is 1. The van der Waals surface area contributed by atoms with E-state index in [-0.39, 0.29) is 5.91 Å². The summed E-state index contributed by atoms with van der Waals surface area (Å²) in [5, 5.41) is 4.14. The molecule has 0 atom stereocenters. The van der Waals surface area contributed by atoms with Gasteiger partial charge in [0.1, 0.15) is 5.75 Å². The van der Waals surface area contributed by atoms with Gasteiger partial charge in [-0.05, 0) is 55.2 Å². The standard InChI is InChI=1S/C27H32N4O2/c32-27-25-11-10-24(19-22(25)6-3-12-28-27)33-18-4-13-30-14-16-31(17-15-30)20-23-9-8-21-5-1-2-7-26(21)29-23/h1-2,5,7-11,19H,3-4,6,12-18,20H2,(H,28,32). The van der Waals surface area contributed by atoms with Crippen LogP contribution in [0.15, 0.2) is 54.6 Å². The van der Waals surface area contributed by atoms with E-state index in [0.717, 1.165) is 93.2 Å². The van der Waals surface area contributed by atoms with Crippen LogP contribution in [0.2, 0.25) is 0 Å². The Kier molecular flexibility index (Phi) is 6.84. The molecule has 172 valence electrons. The Morgan fingerprint density at radius 2 is 1.82 bits per heavy atom. The average Bonchev–Trinajstić information content (AvgIpc) is 3.03. The number of ether oxygens (including phenoxy) is 1. The molecule has 0 bridgehead atoms. The van der Waals surface area contributed by atoms with Crippen molar-refractivity contribution in [1.82, 2.24) is 20.1 Å². The van der Waals surface area contributed by atoms with Gasteiger partial charge in [0, 0.05) is 56.8 Å². The van der Waals surface area contributed by atoms with E-state index in [4.69, 9.17) is 9.72 Å². The summed E-state index contributed by atoms with van der Waals surface area (Å²) in [4.78, 5) is 21.9. The van der Waals surface area contributed by atoms with Crippen molar-refractivity contribution in [1.29, 1.82) is 0 Å². The van der Waals surface area contributed by atoms with Crippen molar-refractivity contribution in [2.24, 2.45) is 0 Å². The summed E-state index contributed by atoms with van der Waals surface area (Å²) in [6.45, 7) is 7.73. The second-order valence-corrected chi connectivity index (χ2v) is 8.99. The zero-order valence-electron chi connectivity index (χ0n) is 19.1. The Bertz CT molecular complexity index is 1110. The van der Waals surface area contributed by atoms with Crippen LogP contribution >= 0.6 is 0 Å². The number of rotatable bonds is 7. The van der Waals surface area contributed by atoms with Gasteiger partial charge in [0.15, 0.2) is 0 Å². The fourth-order valence-electron chi connectivity index (χ4n) is 4.74. The highest BCUT2D eigenvalue weighted by Crippen LogP contribution is 2.21. The number of hydrogen-bond acceptors (Lipinski definition) is 5. The van der Waals surface area contributed by atoms with Gasteiger partial charge in [-0.2, -0.15) is 0 Å². The molecule has 3 aromatic rings. The molecule has 0 aliphatic carbocycles. The van der Waals surface area contributed by atoms with Crippen molar-refractivity contribution >= 4 is 16.8 Å². The lowest BCUT2D eigenvalue weighted by molar-refractivity contribution is 0.0956. The maximum absolute atomic E-state index is 12.1. The van der Waals surface area contributed by atoms with Crippen LogP contribution in [0.25, 0.3) is 10.9 Å². The molecule has 1 N–H and O–H groups in total. The van der Waals surface area contributed by atoms with Gasteiger partial charge in [-0.1, -0.05) is 24.3 Å². The zero-order valence-corrected chi connectivity index (χ0v) is 19.1. The van der Waals surface area contributed by atoms with Gasteiger partial charge in [-0.15, -0.1) is 0 Å². The topological polar surface area (TPSA) is 57.7 Å². The van der Waals surface area contributed by atoms with Crippen LogP contribution in [0.1, 0.15) is 34.5 Å². The summed E-state index contributed by atoms with van der Waals surface area (Å²) in [7, 11) is 0. The molecule has 1 fully saturated rings. The molecule has 3 heterocycles. The lowest BCUT2D eigenvalue weighted by atomic mass is 10.0. The Hall–Kier alpha value is -2.96. The van der Waals surface area contributed by atoms with Crippen molar-refractivity contribution < 1.29 is 9.53 Å². The van der Waals surface area contributed by atoms with E-state index >= 15 is 0 Å². The number of pyridine rings is 1. The fourth-order valence-corrected chi connectivity index (χ4v) is 4.74. The van der Waals surface area contributed by atoms with E-state index in [1.807, 2.05) is 24.3 Å². The molecule has 33 heavy (non-hydrogen) atoms. The molecule has 0 spiro atoms. The number of piperazine rings is 1. The summed E-state index contributed by atoms with van der Waals surface area (Å²) in [6.07, 6.45) is 2.90. The number of carbonyl (C=O) groups excluding carboxylic acids is 1. The van der Waals surface area contributed by atoms with Crippen LogP contribution in [0.3, 0.4) is 0 Å². The van der Waals surface area contributed by atoms with E-state index in [2.05, 4.69) is 45.4 Å². The molecular formula is C27H32N4O2. The van der Waals surface area contributed by atoms with E-state index < -0.39 is 0 Å². The zero-order chi connectivity index (χ0) is 22.5. The number of fused-ring (bicyclic) bond motifs is 2. The van der Waals surface area contributed by atoms with Crippen LogP contribution < -0.4 is 10.1 Å². The summed E-state index contributed by atoms with van der Waals surface area (Å²) in [5.74, 6) is 0.903. The van der Waals surface area contributed by atoms with Gasteiger partial charge in [-0.25, -0.2) is 0 Å². The van der Waals surface area contributed by atoms with Gasteiger partial charge in [-0.3, -0.25) is 14.7 Å². The molecule has 1 aromatic heterocycles. The van der Waals surface area contributed by atoms with Crippen LogP contribution in [-0.4, -0.2) is 66.6 Å². The third kappa shape index (κ3) is 5.52. The second kappa shape index (κ2) is 10.3. The van der Waals surface area contributed by atoms with Gasteiger partial charge in [0.2, 0.25) is 0 Å². The average molecular weight is 445 g/mol. The monoisotopic (exact) mass is 444 g/mol. The molecule has 6 heteroatoms. The molecule has 1 amide bonds. The van der Waals surface area contributed by atoms with Crippen molar-refractivity contribution in [2.75, 3.05) is 45.9 Å². The summed E-state index contributed by atoms with van der Waals surface area (Å²) >= 11 is 0. The molecule has 1 saturated heterocycles. The molecule has 2 aromatic carbocycles. The third-order valence-electron chi connectivity index (χ3n) is 6.62. The number of nitrogens with zero attached hydrogens (tertiary/aromatic N) is 3. The Balaban J connectivity index is 1.04. The smallest absolute Gasteiger partial charge is 0.251 e. The minimum absolute atomic E-state index is 0.0320. The van der Waals surface area contributed by atoms with E-state index in [9.17, 15) is 4.79 Å². The SMILES string of the molecule is O=C1NCCCc2cc(OCCCN3CCN(Cc4ccc5ccccc5n4)CC3)ccc21. The second-order valence-electron chi connectivity index (χ2n) is 8.99. The fraction of sp³-hybridized carbons (Fsp3) is 0.407. The van der Waals surface area contributed by atoms with Gasteiger partial charge in [0.05, 0.1) is 17.8 Å². The van der Waals surface area contributed by atoms with Crippen molar-refractivity contribution in [3.05, 3.63) is 71.4 Å². The lowest BCUT2D eigenvalue weighted by Gasteiger charge is -2.34. The molecule has 2 aliphatic rings. The largest absolute Gasteiger partial charge is 0.494 e. The summed E-state index contributed by atoms with van der Waals surface area (Å²) < 4.78 is 6.00. The van der Waals surface area contributed by atoms with Crippen LogP contribution in [0, 0.1) is 0 Å². The number of hydrogen-bond donors (Lipinski definition) is 1. The van der Waals surface area contributed by atoms with Gasteiger partial charge < -0.3 is 15.0 Å². The maximum Gasteiger partial charge on any atom is 0.251 e. The molecule has 0 unspecified atom stereocenters. The number of amides is 1. The van der Waals surface area contributed by atoms with Crippen LogP contribution in [0.5, 0.6) is 5.75 Å². The number of carbonyl (C=O) groups is 1. The first kappa shape index (κ1) is 21.9. The van der Waals surface area contributed by atoms with E-state index in [1.54, 1.807) is 0 Å². The van der Waals surface area contributed by atoms with Crippen molar-refractivity contribution in [3.63, 3.8) is 0 Å². The highest BCUT2D eigenvalue weighted by atomic mass is 16.5. The van der Waals surface area contributed by atoms with Crippen LogP contribution in [-0.2, 0) is 13.0 Å². The highest BCUT2D eigenvalue weighted by Gasteiger charge is 2.18. The van der Waals surface area contributed by atoms with Crippen molar-refractivity contribution in [2.45, 2.75) is 25.8 Å².